The number of aryl methyl sites for hydroxylation is 2. The lowest BCUT2D eigenvalue weighted by molar-refractivity contribution is 0.0857. The van der Waals surface area contributed by atoms with Gasteiger partial charge in [-0.25, -0.2) is 4.39 Å². The minimum Gasteiger partial charge on any atom is -0.356 e. The van der Waals surface area contributed by atoms with E-state index >= 15 is 0 Å². The van der Waals surface area contributed by atoms with Crippen LogP contribution >= 0.6 is 0 Å². The minimum absolute atomic E-state index is 0.0936. The van der Waals surface area contributed by atoms with Crippen molar-refractivity contribution < 1.29 is 13.9 Å². The van der Waals surface area contributed by atoms with Gasteiger partial charge in [0.1, 0.15) is 18.0 Å². The molecular weight excluding hydrogens is 475 g/mol. The number of benzene rings is 4. The maximum Gasteiger partial charge on any atom is 0.251 e. The van der Waals surface area contributed by atoms with E-state index in [9.17, 15) is 9.18 Å². The summed E-state index contributed by atoms with van der Waals surface area (Å²) in [6.45, 7) is 8.49. The van der Waals surface area contributed by atoms with Crippen molar-refractivity contribution in [1.82, 2.24) is 10.6 Å². The Hall–Kier alpha value is -3.80. The van der Waals surface area contributed by atoms with Crippen molar-refractivity contribution in [2.45, 2.75) is 52.6 Å². The topological polar surface area (TPSA) is 50.4 Å². The van der Waals surface area contributed by atoms with Crippen molar-refractivity contribution in [3.63, 3.8) is 0 Å². The number of hydrogen-bond donors (Lipinski definition) is 2. The first-order chi connectivity index (χ1) is 18.4. The highest BCUT2D eigenvalue weighted by atomic mass is 19.1. The minimum atomic E-state index is -0.251. The Morgan fingerprint density at radius 1 is 0.921 bits per heavy atom. The van der Waals surface area contributed by atoms with E-state index in [0.29, 0.717) is 17.7 Å². The van der Waals surface area contributed by atoms with E-state index in [1.807, 2.05) is 37.3 Å². The lowest BCUT2D eigenvalue weighted by Crippen LogP contribution is -2.24. The molecule has 2 N–H and O–H groups in total. The summed E-state index contributed by atoms with van der Waals surface area (Å²) in [6, 6.07) is 19.4. The first-order valence-corrected chi connectivity index (χ1v) is 13.2. The molecule has 190 valence electrons. The molecule has 0 saturated carbocycles. The van der Waals surface area contributed by atoms with Crippen LogP contribution in [0, 0.1) is 26.6 Å². The van der Waals surface area contributed by atoms with E-state index in [1.54, 1.807) is 6.07 Å². The zero-order chi connectivity index (χ0) is 26.1. The number of carbonyl (C=O) groups excluding carboxylic acids is 1. The van der Waals surface area contributed by atoms with E-state index in [0.717, 1.165) is 46.5 Å². The third-order valence-electron chi connectivity index (χ3n) is 8.55. The summed E-state index contributed by atoms with van der Waals surface area (Å²) in [7, 11) is 0. The molecule has 2 atom stereocenters. The molecule has 0 aromatic heterocycles. The molecule has 5 heteroatoms. The molecular formula is C33H29FN2O2. The molecule has 7 rings (SSSR count). The summed E-state index contributed by atoms with van der Waals surface area (Å²) in [5.41, 5.74) is 13.7. The van der Waals surface area contributed by atoms with Gasteiger partial charge >= 0.3 is 0 Å². The van der Waals surface area contributed by atoms with Gasteiger partial charge in [0, 0.05) is 30.8 Å². The number of carbonyl (C=O) groups is 1. The Kier molecular flexibility index (Phi) is 5.29. The Morgan fingerprint density at radius 3 is 2.50 bits per heavy atom. The van der Waals surface area contributed by atoms with Crippen LogP contribution in [0.1, 0.15) is 78.2 Å². The molecule has 3 heterocycles. The molecule has 4 aromatic rings. The molecule has 0 saturated heterocycles. The second-order valence-corrected chi connectivity index (χ2v) is 10.7. The summed E-state index contributed by atoms with van der Waals surface area (Å²) in [4.78, 5) is 13.2. The number of hydrogen-bond acceptors (Lipinski definition) is 3. The zero-order valence-electron chi connectivity index (χ0n) is 21.7. The van der Waals surface area contributed by atoms with Crippen LogP contribution in [-0.4, -0.2) is 5.91 Å². The summed E-state index contributed by atoms with van der Waals surface area (Å²) in [5.74, 6) is -0.317. The van der Waals surface area contributed by atoms with Crippen molar-refractivity contribution in [1.29, 1.82) is 0 Å². The number of amides is 1. The molecule has 0 aliphatic carbocycles. The van der Waals surface area contributed by atoms with Gasteiger partial charge in [0.15, 0.2) is 0 Å². The van der Waals surface area contributed by atoms with Crippen LogP contribution in [0.25, 0.3) is 11.1 Å². The lowest BCUT2D eigenvalue weighted by atomic mass is 9.83. The molecule has 0 radical (unpaired) electrons. The standard InChI is InChI=1S/C33H29FN2O2/c1-17-5-4-6-29(34)30(17)20-7-9-23-25(12-20)32-26-13-21(8-10-24(26)31(23)38-32)33(37)36-16-27-18(2)11-22-14-35-15-28(22)19(27)3/h4-13,31-32,35H,14-16H2,1-3H3,(H,36,37). The highest BCUT2D eigenvalue weighted by molar-refractivity contribution is 5.94. The number of fused-ring (bicyclic) bond motifs is 9. The molecule has 0 fully saturated rings. The van der Waals surface area contributed by atoms with Gasteiger partial charge in [-0.1, -0.05) is 36.4 Å². The van der Waals surface area contributed by atoms with Crippen LogP contribution in [0.3, 0.4) is 0 Å². The maximum absolute atomic E-state index is 14.7. The molecule has 2 unspecified atom stereocenters. The molecule has 0 spiro atoms. The van der Waals surface area contributed by atoms with Crippen molar-refractivity contribution in [3.05, 3.63) is 128 Å². The third-order valence-corrected chi connectivity index (χ3v) is 8.55. The van der Waals surface area contributed by atoms with Crippen molar-refractivity contribution in [2.75, 3.05) is 0 Å². The van der Waals surface area contributed by atoms with Gasteiger partial charge in [-0.3, -0.25) is 4.79 Å². The molecule has 3 aliphatic rings. The predicted octanol–water partition coefficient (Wildman–Crippen LogP) is 6.47. The largest absolute Gasteiger partial charge is 0.356 e. The van der Waals surface area contributed by atoms with Crippen molar-refractivity contribution in [2.24, 2.45) is 0 Å². The molecule has 38 heavy (non-hydrogen) atoms. The smallest absolute Gasteiger partial charge is 0.251 e. The quantitative estimate of drug-likeness (QED) is 0.335. The van der Waals surface area contributed by atoms with Crippen LogP contribution in [-0.2, 0) is 24.4 Å². The second kappa shape index (κ2) is 8.62. The van der Waals surface area contributed by atoms with Crippen LogP contribution < -0.4 is 10.6 Å². The van der Waals surface area contributed by atoms with Gasteiger partial charge in [0.25, 0.3) is 5.91 Å². The molecule has 1 amide bonds. The molecule has 2 bridgehead atoms. The zero-order valence-corrected chi connectivity index (χ0v) is 21.7. The first-order valence-electron chi connectivity index (χ1n) is 13.2. The Labute approximate surface area is 221 Å². The summed E-state index contributed by atoms with van der Waals surface area (Å²) in [6.07, 6.45) is -0.401. The van der Waals surface area contributed by atoms with E-state index in [2.05, 4.69) is 42.7 Å². The summed E-state index contributed by atoms with van der Waals surface area (Å²) < 4.78 is 21.1. The number of ether oxygens (including phenoxy) is 1. The van der Waals surface area contributed by atoms with Crippen LogP contribution in [0.5, 0.6) is 0 Å². The fraction of sp³-hybridized carbons (Fsp3) is 0.242. The molecule has 3 aliphatic heterocycles. The number of halogens is 1. The van der Waals surface area contributed by atoms with E-state index in [4.69, 9.17) is 4.74 Å². The average Bonchev–Trinajstić information content (AvgIpc) is 3.62. The van der Waals surface area contributed by atoms with Crippen molar-refractivity contribution >= 4 is 5.91 Å². The lowest BCUT2D eigenvalue weighted by Gasteiger charge is -2.19. The van der Waals surface area contributed by atoms with Crippen LogP contribution in [0.15, 0.2) is 60.7 Å². The highest BCUT2D eigenvalue weighted by Crippen LogP contribution is 2.55. The van der Waals surface area contributed by atoms with Gasteiger partial charge in [0.05, 0.1) is 0 Å². The monoisotopic (exact) mass is 504 g/mol. The third kappa shape index (κ3) is 3.46. The predicted molar refractivity (Wildman–Crippen MR) is 145 cm³/mol. The number of nitrogens with one attached hydrogen (secondary N) is 2. The Bertz CT molecular complexity index is 1640. The van der Waals surface area contributed by atoms with Crippen molar-refractivity contribution in [3.8, 4) is 11.1 Å². The average molecular weight is 505 g/mol. The molecule has 4 nitrogen and oxygen atoms in total. The number of rotatable bonds is 4. The van der Waals surface area contributed by atoms with Gasteiger partial charge in [-0.15, -0.1) is 0 Å². The van der Waals surface area contributed by atoms with E-state index in [1.165, 1.54) is 33.9 Å². The van der Waals surface area contributed by atoms with Gasteiger partial charge in [0.2, 0.25) is 0 Å². The SMILES string of the molecule is Cc1cc2c(c(C)c1CNC(=O)c1ccc3c(c1)C1OC3c3ccc(-c4c(C)cccc4F)cc31)CNC2. The second-order valence-electron chi connectivity index (χ2n) is 10.7. The summed E-state index contributed by atoms with van der Waals surface area (Å²) in [5, 5.41) is 6.56. The fourth-order valence-electron chi connectivity index (χ4n) is 6.56. The van der Waals surface area contributed by atoms with Crippen LogP contribution in [0.4, 0.5) is 4.39 Å². The molecule has 4 aromatic carbocycles. The highest BCUT2D eigenvalue weighted by Gasteiger charge is 2.43. The Balaban J connectivity index is 1.16. The fourth-order valence-corrected chi connectivity index (χ4v) is 6.56. The Morgan fingerprint density at radius 2 is 1.68 bits per heavy atom. The van der Waals surface area contributed by atoms with E-state index < -0.39 is 0 Å². The normalized spacial score (nSPS) is 18.3. The summed E-state index contributed by atoms with van der Waals surface area (Å²) >= 11 is 0. The van der Waals surface area contributed by atoms with Gasteiger partial charge < -0.3 is 15.4 Å². The van der Waals surface area contributed by atoms with E-state index in [-0.39, 0.29) is 23.9 Å². The van der Waals surface area contributed by atoms with Gasteiger partial charge in [-0.05, 0) is 106 Å². The van der Waals surface area contributed by atoms with Gasteiger partial charge in [-0.2, -0.15) is 0 Å². The maximum atomic E-state index is 14.7. The van der Waals surface area contributed by atoms with Crippen LogP contribution in [0.2, 0.25) is 0 Å². The first kappa shape index (κ1) is 23.3.